The van der Waals surface area contributed by atoms with Crippen LogP contribution in [0.4, 0.5) is 13.2 Å². The van der Waals surface area contributed by atoms with Gasteiger partial charge in [-0.15, -0.1) is 13.2 Å². The van der Waals surface area contributed by atoms with Crippen molar-refractivity contribution < 1.29 is 23.1 Å². The lowest BCUT2D eigenvalue weighted by atomic mass is 10.0. The highest BCUT2D eigenvalue weighted by atomic mass is 19.4. The maximum absolute atomic E-state index is 12.3. The number of pyridine rings is 2. The van der Waals surface area contributed by atoms with Crippen molar-refractivity contribution in [2.75, 3.05) is 0 Å². The SMILES string of the molecule is Cc1ccnc(-c2cc(C)cc(/C(=N\O)c3ccc(OC(F)(F)F)cc3)n2)c1. The smallest absolute Gasteiger partial charge is 0.410 e. The van der Waals surface area contributed by atoms with E-state index in [4.69, 9.17) is 0 Å². The van der Waals surface area contributed by atoms with E-state index in [9.17, 15) is 18.4 Å². The van der Waals surface area contributed by atoms with Crippen LogP contribution in [-0.2, 0) is 0 Å². The van der Waals surface area contributed by atoms with Crippen LogP contribution in [0, 0.1) is 13.8 Å². The summed E-state index contributed by atoms with van der Waals surface area (Å²) in [7, 11) is 0. The van der Waals surface area contributed by atoms with Crippen molar-refractivity contribution in [2.24, 2.45) is 5.16 Å². The van der Waals surface area contributed by atoms with E-state index in [0.29, 0.717) is 22.6 Å². The molecule has 0 saturated carbocycles. The van der Waals surface area contributed by atoms with Crippen LogP contribution in [0.3, 0.4) is 0 Å². The topological polar surface area (TPSA) is 67.6 Å². The number of aromatic nitrogens is 2. The average Bonchev–Trinajstić information content (AvgIpc) is 2.62. The average molecular weight is 387 g/mol. The molecule has 0 aliphatic heterocycles. The molecule has 0 unspecified atom stereocenters. The Hall–Kier alpha value is -3.42. The molecule has 1 aromatic carbocycles. The van der Waals surface area contributed by atoms with Crippen LogP contribution in [0.15, 0.2) is 59.9 Å². The molecular weight excluding hydrogens is 371 g/mol. The minimum Gasteiger partial charge on any atom is -0.410 e. The molecule has 144 valence electrons. The minimum absolute atomic E-state index is 0.121. The summed E-state index contributed by atoms with van der Waals surface area (Å²) in [5, 5.41) is 12.8. The van der Waals surface area contributed by atoms with Gasteiger partial charge in [0.1, 0.15) is 11.5 Å². The second kappa shape index (κ2) is 7.67. The van der Waals surface area contributed by atoms with E-state index >= 15 is 0 Å². The van der Waals surface area contributed by atoms with Crippen molar-refractivity contribution in [3.63, 3.8) is 0 Å². The molecule has 2 heterocycles. The summed E-state index contributed by atoms with van der Waals surface area (Å²) in [5.74, 6) is -0.365. The molecule has 0 atom stereocenters. The van der Waals surface area contributed by atoms with E-state index in [1.165, 1.54) is 12.1 Å². The Morgan fingerprint density at radius 2 is 1.64 bits per heavy atom. The Morgan fingerprint density at radius 1 is 0.964 bits per heavy atom. The fourth-order valence-corrected chi connectivity index (χ4v) is 2.67. The molecule has 0 bridgehead atoms. The van der Waals surface area contributed by atoms with Gasteiger partial charge in [-0.2, -0.15) is 0 Å². The van der Waals surface area contributed by atoms with E-state index < -0.39 is 6.36 Å². The Balaban J connectivity index is 1.97. The van der Waals surface area contributed by atoms with Crippen LogP contribution in [0.2, 0.25) is 0 Å². The lowest BCUT2D eigenvalue weighted by molar-refractivity contribution is -0.274. The number of oxime groups is 1. The predicted octanol–water partition coefficient (Wildman–Crippen LogP) is 4.89. The van der Waals surface area contributed by atoms with Gasteiger partial charge in [-0.3, -0.25) is 4.98 Å². The van der Waals surface area contributed by atoms with Gasteiger partial charge >= 0.3 is 6.36 Å². The van der Waals surface area contributed by atoms with Gasteiger partial charge in [0.15, 0.2) is 0 Å². The zero-order valence-electron chi connectivity index (χ0n) is 15.0. The first-order valence-corrected chi connectivity index (χ1v) is 8.25. The monoisotopic (exact) mass is 387 g/mol. The number of benzene rings is 1. The van der Waals surface area contributed by atoms with E-state index in [2.05, 4.69) is 19.9 Å². The quantitative estimate of drug-likeness (QED) is 0.393. The third-order valence-corrected chi connectivity index (χ3v) is 3.85. The third-order valence-electron chi connectivity index (χ3n) is 3.85. The van der Waals surface area contributed by atoms with E-state index in [1.54, 1.807) is 12.3 Å². The van der Waals surface area contributed by atoms with E-state index in [-0.39, 0.29) is 11.5 Å². The highest BCUT2D eigenvalue weighted by Gasteiger charge is 2.31. The molecule has 0 aliphatic rings. The highest BCUT2D eigenvalue weighted by Crippen LogP contribution is 2.24. The lowest BCUT2D eigenvalue weighted by Crippen LogP contribution is -2.17. The summed E-state index contributed by atoms with van der Waals surface area (Å²) >= 11 is 0. The zero-order chi connectivity index (χ0) is 20.3. The molecule has 2 aromatic heterocycles. The Bertz CT molecular complexity index is 1020. The van der Waals surface area contributed by atoms with Crippen LogP contribution in [0.5, 0.6) is 5.75 Å². The van der Waals surface area contributed by atoms with E-state index in [0.717, 1.165) is 23.3 Å². The first kappa shape index (κ1) is 19.3. The van der Waals surface area contributed by atoms with Crippen molar-refractivity contribution in [3.05, 3.63) is 77.1 Å². The predicted molar refractivity (Wildman–Crippen MR) is 97.5 cm³/mol. The number of alkyl halides is 3. The van der Waals surface area contributed by atoms with Gasteiger partial charge in [-0.1, -0.05) is 5.16 Å². The third kappa shape index (κ3) is 4.64. The molecule has 5 nitrogen and oxygen atoms in total. The van der Waals surface area contributed by atoms with E-state index in [1.807, 2.05) is 32.0 Å². The Morgan fingerprint density at radius 3 is 2.25 bits per heavy atom. The number of hydrogen-bond acceptors (Lipinski definition) is 5. The summed E-state index contributed by atoms with van der Waals surface area (Å²) in [4.78, 5) is 8.82. The molecule has 1 N–H and O–H groups in total. The summed E-state index contributed by atoms with van der Waals surface area (Å²) in [6, 6.07) is 12.3. The number of hydrogen-bond donors (Lipinski definition) is 1. The van der Waals surface area contributed by atoms with Gasteiger partial charge < -0.3 is 9.94 Å². The summed E-state index contributed by atoms with van der Waals surface area (Å²) in [6.07, 6.45) is -3.10. The maximum Gasteiger partial charge on any atom is 0.573 e. The van der Waals surface area contributed by atoms with Crippen molar-refractivity contribution >= 4 is 5.71 Å². The molecule has 0 spiro atoms. The number of halogens is 3. The molecule has 0 saturated heterocycles. The largest absolute Gasteiger partial charge is 0.573 e. The van der Waals surface area contributed by atoms with Gasteiger partial charge in [0, 0.05) is 11.8 Å². The molecule has 0 amide bonds. The number of ether oxygens (including phenoxy) is 1. The fourth-order valence-electron chi connectivity index (χ4n) is 2.67. The molecule has 0 fully saturated rings. The van der Waals surface area contributed by atoms with Gasteiger partial charge in [0.05, 0.1) is 17.1 Å². The Kier molecular flexibility index (Phi) is 5.30. The second-order valence-corrected chi connectivity index (χ2v) is 6.15. The summed E-state index contributed by atoms with van der Waals surface area (Å²) in [6.45, 7) is 3.80. The molecule has 8 heteroatoms. The zero-order valence-corrected chi connectivity index (χ0v) is 15.0. The molecule has 3 rings (SSSR count). The number of nitrogens with zero attached hydrogens (tertiary/aromatic N) is 3. The molecule has 0 radical (unpaired) electrons. The minimum atomic E-state index is -4.77. The summed E-state index contributed by atoms with van der Waals surface area (Å²) in [5.41, 5.74) is 4.01. The first-order chi connectivity index (χ1) is 13.2. The van der Waals surface area contributed by atoms with Crippen LogP contribution >= 0.6 is 0 Å². The van der Waals surface area contributed by atoms with Crippen molar-refractivity contribution in [1.29, 1.82) is 0 Å². The van der Waals surface area contributed by atoms with Crippen LogP contribution in [-0.4, -0.2) is 27.2 Å². The van der Waals surface area contributed by atoms with Gasteiger partial charge in [0.2, 0.25) is 0 Å². The van der Waals surface area contributed by atoms with Crippen LogP contribution < -0.4 is 4.74 Å². The maximum atomic E-state index is 12.3. The second-order valence-electron chi connectivity index (χ2n) is 6.15. The number of rotatable bonds is 4. The highest BCUT2D eigenvalue weighted by molar-refractivity contribution is 6.11. The van der Waals surface area contributed by atoms with Crippen LogP contribution in [0.1, 0.15) is 22.4 Å². The van der Waals surface area contributed by atoms with Crippen LogP contribution in [0.25, 0.3) is 11.4 Å². The fraction of sp³-hybridized carbons (Fsp3) is 0.150. The van der Waals surface area contributed by atoms with Gasteiger partial charge in [-0.25, -0.2) is 4.98 Å². The first-order valence-electron chi connectivity index (χ1n) is 8.25. The summed E-state index contributed by atoms with van der Waals surface area (Å²) < 4.78 is 40.8. The lowest BCUT2D eigenvalue weighted by Gasteiger charge is -2.11. The molecular formula is C20H16F3N3O2. The molecule has 0 aliphatic carbocycles. The molecule has 28 heavy (non-hydrogen) atoms. The standard InChI is InChI=1S/C20H16F3N3O2/c1-12-7-8-24-16(9-12)17-10-13(2)11-18(25-17)19(26-27)14-3-5-15(6-4-14)28-20(21,22)23/h3-11,27H,1-2H3/b26-19-. The molecule has 3 aromatic rings. The van der Waals surface area contributed by atoms with Gasteiger partial charge in [-0.05, 0) is 73.5 Å². The Labute approximate surface area is 159 Å². The van der Waals surface area contributed by atoms with Crippen molar-refractivity contribution in [1.82, 2.24) is 9.97 Å². The van der Waals surface area contributed by atoms with Gasteiger partial charge in [0.25, 0.3) is 0 Å². The number of aryl methyl sites for hydroxylation is 2. The normalized spacial score (nSPS) is 12.1. The van der Waals surface area contributed by atoms with Crippen molar-refractivity contribution in [3.8, 4) is 17.1 Å². The van der Waals surface area contributed by atoms with Crippen molar-refractivity contribution in [2.45, 2.75) is 20.2 Å².